The summed E-state index contributed by atoms with van der Waals surface area (Å²) in [7, 11) is 0. The number of aromatic hydroxyl groups is 1. The number of phenols is 1. The van der Waals surface area contributed by atoms with E-state index in [1.807, 2.05) is 39.8 Å². The van der Waals surface area contributed by atoms with Crippen molar-refractivity contribution < 1.29 is 24.2 Å². The average Bonchev–Trinajstić information content (AvgIpc) is 3.26. The van der Waals surface area contributed by atoms with Crippen molar-refractivity contribution in [1.29, 1.82) is 0 Å². The van der Waals surface area contributed by atoms with Crippen LogP contribution < -0.4 is 5.56 Å². The highest BCUT2D eigenvalue weighted by molar-refractivity contribution is 5.89. The van der Waals surface area contributed by atoms with Crippen LogP contribution in [0.25, 0.3) is 22.3 Å². The van der Waals surface area contributed by atoms with Gasteiger partial charge in [0, 0.05) is 49.2 Å². The maximum absolute atomic E-state index is 13.4. The Morgan fingerprint density at radius 2 is 1.90 bits per heavy atom. The van der Waals surface area contributed by atoms with Gasteiger partial charge in [-0.3, -0.25) is 14.5 Å². The number of piperazine rings is 1. The van der Waals surface area contributed by atoms with Gasteiger partial charge in [0.15, 0.2) is 0 Å². The van der Waals surface area contributed by atoms with Crippen LogP contribution in [0.2, 0.25) is 0 Å². The molecule has 1 unspecified atom stereocenters. The van der Waals surface area contributed by atoms with E-state index in [9.17, 15) is 19.5 Å². The van der Waals surface area contributed by atoms with Crippen LogP contribution in [-0.4, -0.2) is 68.3 Å². The first-order chi connectivity index (χ1) is 19.0. The second-order valence-corrected chi connectivity index (χ2v) is 11.8. The van der Waals surface area contributed by atoms with Gasteiger partial charge in [-0.15, -0.1) is 0 Å². The third-order valence-corrected chi connectivity index (χ3v) is 8.00. The standard InChI is InChI=1S/C30H34N4O6/c1-5-18-19-13-24-26-17(14-34(24)27(36)22(19)16-39-28(18)37)12-20-21(25(35)7-6-23(20)31-26)15-32-8-10-33(11-9-32)29(38)40-30(2,3)4/h6-7,12-13,18,35H,5,8-11,14-16H2,1-4H3. The van der Waals surface area contributed by atoms with Crippen molar-refractivity contribution in [3.63, 3.8) is 0 Å². The molecule has 10 heteroatoms. The Bertz CT molecular complexity index is 1600. The first-order valence-electron chi connectivity index (χ1n) is 13.8. The number of carbonyl (C=O) groups excluding carboxylic acids is 2. The zero-order valence-electron chi connectivity index (χ0n) is 23.3. The summed E-state index contributed by atoms with van der Waals surface area (Å²) in [6, 6.07) is 7.40. The minimum absolute atomic E-state index is 0.00522. The first kappa shape index (κ1) is 26.3. The van der Waals surface area contributed by atoms with Crippen LogP contribution in [0.3, 0.4) is 0 Å². The average molecular weight is 547 g/mol. The van der Waals surface area contributed by atoms with Gasteiger partial charge in [0.2, 0.25) is 0 Å². The number of ether oxygens (including phenoxy) is 2. The molecule has 0 bridgehead atoms. The quantitative estimate of drug-likeness (QED) is 0.387. The van der Waals surface area contributed by atoms with Crippen LogP contribution >= 0.6 is 0 Å². The molecule has 0 spiro atoms. The molecular weight excluding hydrogens is 512 g/mol. The second-order valence-electron chi connectivity index (χ2n) is 11.8. The minimum atomic E-state index is -0.538. The third kappa shape index (κ3) is 4.50. The van der Waals surface area contributed by atoms with Crippen molar-refractivity contribution in [3.8, 4) is 17.1 Å². The number of cyclic esters (lactones) is 1. The van der Waals surface area contributed by atoms with Crippen LogP contribution in [0.15, 0.2) is 29.1 Å². The Balaban J connectivity index is 1.29. The van der Waals surface area contributed by atoms with Crippen LogP contribution in [0, 0.1) is 0 Å². The van der Waals surface area contributed by atoms with Gasteiger partial charge < -0.3 is 24.0 Å². The summed E-state index contributed by atoms with van der Waals surface area (Å²) in [4.78, 5) is 47.1. The van der Waals surface area contributed by atoms with Crippen molar-refractivity contribution >= 4 is 23.0 Å². The van der Waals surface area contributed by atoms with Crippen molar-refractivity contribution in [2.75, 3.05) is 26.2 Å². The summed E-state index contributed by atoms with van der Waals surface area (Å²) in [5, 5.41) is 11.7. The second kappa shape index (κ2) is 9.62. The Kier molecular flexibility index (Phi) is 6.33. The molecule has 2 aromatic heterocycles. The van der Waals surface area contributed by atoms with Gasteiger partial charge in [0.05, 0.1) is 34.9 Å². The van der Waals surface area contributed by atoms with Gasteiger partial charge in [-0.1, -0.05) is 6.92 Å². The number of amides is 1. The minimum Gasteiger partial charge on any atom is -0.508 e. The van der Waals surface area contributed by atoms with Crippen molar-refractivity contribution in [3.05, 3.63) is 56.9 Å². The van der Waals surface area contributed by atoms with E-state index in [0.29, 0.717) is 56.9 Å². The molecule has 40 heavy (non-hydrogen) atoms. The van der Waals surface area contributed by atoms with Gasteiger partial charge in [-0.25, -0.2) is 9.78 Å². The van der Waals surface area contributed by atoms with Gasteiger partial charge in [0.25, 0.3) is 5.56 Å². The molecule has 1 aromatic carbocycles. The lowest BCUT2D eigenvalue weighted by atomic mass is 9.90. The van der Waals surface area contributed by atoms with Crippen LogP contribution in [0.4, 0.5) is 4.79 Å². The van der Waals surface area contributed by atoms with Gasteiger partial charge in [-0.05, 0) is 57.0 Å². The highest BCUT2D eigenvalue weighted by Crippen LogP contribution is 2.38. The topological polar surface area (TPSA) is 114 Å². The lowest BCUT2D eigenvalue weighted by Crippen LogP contribution is -2.49. The number of hydrogen-bond acceptors (Lipinski definition) is 8. The molecule has 5 heterocycles. The van der Waals surface area contributed by atoms with Gasteiger partial charge in [0.1, 0.15) is 18.0 Å². The van der Waals surface area contributed by atoms with E-state index in [0.717, 1.165) is 33.3 Å². The van der Waals surface area contributed by atoms with Crippen LogP contribution in [-0.2, 0) is 34.0 Å². The monoisotopic (exact) mass is 546 g/mol. The van der Waals surface area contributed by atoms with E-state index < -0.39 is 11.5 Å². The summed E-state index contributed by atoms with van der Waals surface area (Å²) < 4.78 is 12.5. The van der Waals surface area contributed by atoms with E-state index in [2.05, 4.69) is 4.90 Å². The summed E-state index contributed by atoms with van der Waals surface area (Å²) >= 11 is 0. The third-order valence-electron chi connectivity index (χ3n) is 8.00. The molecule has 1 fully saturated rings. The highest BCUT2D eigenvalue weighted by Gasteiger charge is 2.34. The Morgan fingerprint density at radius 3 is 2.60 bits per heavy atom. The lowest BCUT2D eigenvalue weighted by molar-refractivity contribution is -0.148. The fourth-order valence-electron chi connectivity index (χ4n) is 5.93. The lowest BCUT2D eigenvalue weighted by Gasteiger charge is -2.35. The summed E-state index contributed by atoms with van der Waals surface area (Å²) in [5.41, 5.74) is 4.42. The molecule has 3 aromatic rings. The molecular formula is C30H34N4O6. The molecule has 210 valence electrons. The number of aromatic nitrogens is 2. The molecule has 3 aliphatic rings. The van der Waals surface area contributed by atoms with E-state index >= 15 is 0 Å². The summed E-state index contributed by atoms with van der Waals surface area (Å²) in [6.45, 7) is 10.7. The number of rotatable bonds is 3. The number of carbonyl (C=O) groups is 2. The zero-order valence-corrected chi connectivity index (χ0v) is 23.3. The Morgan fingerprint density at radius 1 is 1.15 bits per heavy atom. The van der Waals surface area contributed by atoms with E-state index in [1.54, 1.807) is 21.6 Å². The van der Waals surface area contributed by atoms with E-state index in [1.165, 1.54) is 0 Å². The number of benzene rings is 1. The number of pyridine rings is 2. The molecule has 1 amide bonds. The summed E-state index contributed by atoms with van der Waals surface area (Å²) in [6.07, 6.45) is 0.249. The highest BCUT2D eigenvalue weighted by atomic mass is 16.6. The maximum Gasteiger partial charge on any atom is 0.410 e. The molecule has 0 aliphatic carbocycles. The predicted octanol–water partition coefficient (Wildman–Crippen LogP) is 3.73. The molecule has 3 aliphatic heterocycles. The molecule has 1 N–H and O–H groups in total. The number of nitrogens with zero attached hydrogens (tertiary/aromatic N) is 4. The van der Waals surface area contributed by atoms with Crippen LogP contribution in [0.1, 0.15) is 62.3 Å². The van der Waals surface area contributed by atoms with E-state index in [4.69, 9.17) is 14.5 Å². The molecule has 0 radical (unpaired) electrons. The first-order valence-corrected chi connectivity index (χ1v) is 13.8. The predicted molar refractivity (Wildman–Crippen MR) is 148 cm³/mol. The molecule has 1 atom stereocenters. The fraction of sp³-hybridized carbons (Fsp3) is 0.467. The fourth-order valence-corrected chi connectivity index (χ4v) is 5.93. The number of phenolic OH excluding ortho intramolecular Hbond substituents is 1. The Hall–Kier alpha value is -3.92. The largest absolute Gasteiger partial charge is 0.508 e. The smallest absolute Gasteiger partial charge is 0.410 e. The summed E-state index contributed by atoms with van der Waals surface area (Å²) in [5.74, 6) is -0.560. The van der Waals surface area contributed by atoms with Gasteiger partial charge >= 0.3 is 12.1 Å². The van der Waals surface area contributed by atoms with Crippen molar-refractivity contribution in [2.45, 2.75) is 65.3 Å². The van der Waals surface area contributed by atoms with Crippen molar-refractivity contribution in [1.82, 2.24) is 19.4 Å². The zero-order chi connectivity index (χ0) is 28.3. The van der Waals surface area contributed by atoms with E-state index in [-0.39, 0.29) is 30.0 Å². The molecule has 6 rings (SSSR count). The SMILES string of the molecule is CCC1C(=O)OCc2c1cc1n(c2=O)Cc2cc3c(CN4CCN(C(=O)OC(C)(C)C)CC4)c(O)ccc3nc2-1. The molecule has 10 nitrogen and oxygen atoms in total. The number of esters is 1. The molecule has 0 saturated carbocycles. The van der Waals surface area contributed by atoms with Crippen LogP contribution in [0.5, 0.6) is 5.75 Å². The molecule has 1 saturated heterocycles. The Labute approximate surface area is 232 Å². The number of hydrogen-bond donors (Lipinski definition) is 1. The normalized spacial score (nSPS) is 18.8. The van der Waals surface area contributed by atoms with Gasteiger partial charge in [-0.2, -0.15) is 0 Å². The maximum atomic E-state index is 13.4. The number of fused-ring (bicyclic) bond motifs is 5. The van der Waals surface area contributed by atoms with Crippen molar-refractivity contribution in [2.24, 2.45) is 0 Å².